The third-order valence-corrected chi connectivity index (χ3v) is 5.28. The number of anilines is 1. The van der Waals surface area contributed by atoms with Crippen LogP contribution in [0.2, 0.25) is 0 Å². The summed E-state index contributed by atoms with van der Waals surface area (Å²) in [6, 6.07) is 15.1. The van der Waals surface area contributed by atoms with Gasteiger partial charge in [0, 0.05) is 6.54 Å². The molecule has 0 unspecified atom stereocenters. The standard InChI is InChI=1S/C25H28N6O2/c1-3-5-8-15-27-25(32)21-22-24(30-20-10-7-6-9-19(20)29-22)31(23(21)26)28-16-17-11-13-18(14-12-17)33-4-2/h6-7,9-14,16H,3-5,8,15,26H2,1-2H3,(H,27,32). The number of nitrogen functional groups attached to an aromatic ring is 1. The van der Waals surface area contributed by atoms with Gasteiger partial charge in [-0.2, -0.15) is 9.78 Å². The Morgan fingerprint density at radius 2 is 1.82 bits per heavy atom. The number of nitrogens with one attached hydrogen (secondary N) is 1. The molecule has 2 aromatic heterocycles. The minimum Gasteiger partial charge on any atom is -0.494 e. The van der Waals surface area contributed by atoms with Crippen molar-refractivity contribution in [1.29, 1.82) is 0 Å². The molecule has 4 rings (SSSR count). The molecule has 0 spiro atoms. The number of amides is 1. The number of unbranched alkanes of at least 4 members (excludes halogenated alkanes) is 2. The summed E-state index contributed by atoms with van der Waals surface area (Å²) in [6.07, 6.45) is 4.71. The fourth-order valence-corrected chi connectivity index (χ4v) is 3.59. The van der Waals surface area contributed by atoms with Crippen LogP contribution >= 0.6 is 0 Å². The van der Waals surface area contributed by atoms with Gasteiger partial charge in [0.25, 0.3) is 5.91 Å². The molecule has 170 valence electrons. The van der Waals surface area contributed by atoms with Gasteiger partial charge >= 0.3 is 0 Å². The van der Waals surface area contributed by atoms with Crippen molar-refractivity contribution < 1.29 is 9.53 Å². The summed E-state index contributed by atoms with van der Waals surface area (Å²) in [5.41, 5.74) is 9.85. The van der Waals surface area contributed by atoms with Crippen molar-refractivity contribution in [2.75, 3.05) is 18.9 Å². The first-order valence-corrected chi connectivity index (χ1v) is 11.2. The molecule has 0 aliphatic rings. The van der Waals surface area contributed by atoms with Crippen molar-refractivity contribution in [3.8, 4) is 5.75 Å². The third kappa shape index (κ3) is 4.79. The van der Waals surface area contributed by atoms with E-state index in [1.807, 2.05) is 55.5 Å². The first-order valence-electron chi connectivity index (χ1n) is 11.2. The molecular weight excluding hydrogens is 416 g/mol. The van der Waals surface area contributed by atoms with Gasteiger partial charge < -0.3 is 15.8 Å². The molecular formula is C25H28N6O2. The van der Waals surface area contributed by atoms with Gasteiger partial charge in [0.2, 0.25) is 0 Å². The predicted molar refractivity (Wildman–Crippen MR) is 132 cm³/mol. The van der Waals surface area contributed by atoms with E-state index in [9.17, 15) is 4.79 Å². The second-order valence-electron chi connectivity index (χ2n) is 7.67. The first kappa shape index (κ1) is 22.3. The topological polar surface area (TPSA) is 107 Å². The van der Waals surface area contributed by atoms with E-state index in [1.165, 1.54) is 4.68 Å². The minimum absolute atomic E-state index is 0.204. The second-order valence-corrected chi connectivity index (χ2v) is 7.67. The Balaban J connectivity index is 1.75. The van der Waals surface area contributed by atoms with E-state index in [4.69, 9.17) is 20.4 Å². The van der Waals surface area contributed by atoms with Gasteiger partial charge in [-0.25, -0.2) is 9.97 Å². The quantitative estimate of drug-likeness (QED) is 0.294. The summed E-state index contributed by atoms with van der Waals surface area (Å²) in [4.78, 5) is 22.4. The second kappa shape index (κ2) is 10.1. The predicted octanol–water partition coefficient (Wildman–Crippen LogP) is 4.37. The van der Waals surface area contributed by atoms with Crippen molar-refractivity contribution in [3.05, 3.63) is 59.7 Å². The van der Waals surface area contributed by atoms with Gasteiger partial charge in [-0.15, -0.1) is 0 Å². The van der Waals surface area contributed by atoms with Crippen LogP contribution in [0, 0.1) is 0 Å². The summed E-state index contributed by atoms with van der Waals surface area (Å²) >= 11 is 0. The number of rotatable bonds is 9. The maximum absolute atomic E-state index is 13.0. The molecule has 1 amide bonds. The Morgan fingerprint density at radius 1 is 1.09 bits per heavy atom. The number of carbonyl (C=O) groups excluding carboxylic acids is 1. The Labute approximate surface area is 192 Å². The molecule has 0 bridgehead atoms. The average Bonchev–Trinajstić information content (AvgIpc) is 3.10. The number of nitrogens with two attached hydrogens (primary N) is 1. The molecule has 0 aliphatic carbocycles. The molecule has 0 radical (unpaired) electrons. The minimum atomic E-state index is -0.270. The Bertz CT molecular complexity index is 1290. The fraction of sp³-hybridized carbons (Fsp3) is 0.280. The van der Waals surface area contributed by atoms with Crippen molar-refractivity contribution in [3.63, 3.8) is 0 Å². The van der Waals surface area contributed by atoms with Crippen LogP contribution in [-0.4, -0.2) is 39.9 Å². The summed E-state index contributed by atoms with van der Waals surface area (Å²) < 4.78 is 6.96. The van der Waals surface area contributed by atoms with Gasteiger partial charge in [-0.1, -0.05) is 31.9 Å². The lowest BCUT2D eigenvalue weighted by Gasteiger charge is -2.05. The van der Waals surface area contributed by atoms with Crippen molar-refractivity contribution in [2.24, 2.45) is 5.10 Å². The fourth-order valence-electron chi connectivity index (χ4n) is 3.59. The normalized spacial score (nSPS) is 11.5. The van der Waals surface area contributed by atoms with E-state index in [1.54, 1.807) is 6.21 Å². The molecule has 0 atom stereocenters. The van der Waals surface area contributed by atoms with E-state index in [2.05, 4.69) is 17.3 Å². The SMILES string of the molecule is CCCCCNC(=O)c1c(N)n(N=Cc2ccc(OCC)cc2)c2nc3ccccc3nc12. The highest BCUT2D eigenvalue weighted by Gasteiger charge is 2.23. The number of fused-ring (bicyclic) bond motifs is 2. The van der Waals surface area contributed by atoms with E-state index in [-0.39, 0.29) is 11.7 Å². The highest BCUT2D eigenvalue weighted by molar-refractivity contribution is 6.10. The van der Waals surface area contributed by atoms with Crippen LogP contribution in [0.3, 0.4) is 0 Å². The van der Waals surface area contributed by atoms with Gasteiger partial charge in [0.1, 0.15) is 22.6 Å². The zero-order valence-electron chi connectivity index (χ0n) is 18.9. The highest BCUT2D eigenvalue weighted by atomic mass is 16.5. The Kier molecular flexibility index (Phi) is 6.83. The summed E-state index contributed by atoms with van der Waals surface area (Å²) in [5.74, 6) is 0.726. The third-order valence-electron chi connectivity index (χ3n) is 5.28. The number of para-hydroxylation sites is 2. The number of carbonyl (C=O) groups is 1. The zero-order chi connectivity index (χ0) is 23.2. The van der Waals surface area contributed by atoms with Crippen LogP contribution in [-0.2, 0) is 0 Å². The Morgan fingerprint density at radius 3 is 2.52 bits per heavy atom. The van der Waals surface area contributed by atoms with Crippen LogP contribution in [0.1, 0.15) is 49.0 Å². The average molecular weight is 445 g/mol. The van der Waals surface area contributed by atoms with E-state index in [0.717, 1.165) is 30.6 Å². The number of ether oxygens (including phenoxy) is 1. The van der Waals surface area contributed by atoms with E-state index < -0.39 is 0 Å². The molecule has 3 N–H and O–H groups in total. The van der Waals surface area contributed by atoms with Crippen molar-refractivity contribution >= 4 is 40.1 Å². The summed E-state index contributed by atoms with van der Waals surface area (Å²) in [5, 5.41) is 7.50. The van der Waals surface area contributed by atoms with Crippen LogP contribution in [0.5, 0.6) is 5.75 Å². The van der Waals surface area contributed by atoms with Gasteiger partial charge in [0.05, 0.1) is 23.9 Å². The summed E-state index contributed by atoms with van der Waals surface area (Å²) in [7, 11) is 0. The number of hydrogen-bond acceptors (Lipinski definition) is 6. The molecule has 33 heavy (non-hydrogen) atoms. The van der Waals surface area contributed by atoms with Gasteiger partial charge in [-0.3, -0.25) is 4.79 Å². The smallest absolute Gasteiger partial charge is 0.257 e. The van der Waals surface area contributed by atoms with Crippen molar-refractivity contribution in [1.82, 2.24) is 20.0 Å². The van der Waals surface area contributed by atoms with E-state index >= 15 is 0 Å². The lowest BCUT2D eigenvalue weighted by atomic mass is 10.2. The van der Waals surface area contributed by atoms with Crippen molar-refractivity contribution in [2.45, 2.75) is 33.1 Å². The number of hydrogen-bond donors (Lipinski definition) is 2. The number of benzene rings is 2. The molecule has 0 fully saturated rings. The monoisotopic (exact) mass is 444 g/mol. The highest BCUT2D eigenvalue weighted by Crippen LogP contribution is 2.28. The molecule has 2 aromatic carbocycles. The molecule has 8 heteroatoms. The maximum atomic E-state index is 13.0. The number of aromatic nitrogens is 3. The van der Waals surface area contributed by atoms with E-state index in [0.29, 0.717) is 40.9 Å². The lowest BCUT2D eigenvalue weighted by Crippen LogP contribution is -2.25. The van der Waals surface area contributed by atoms with Crippen LogP contribution in [0.15, 0.2) is 53.6 Å². The summed E-state index contributed by atoms with van der Waals surface area (Å²) in [6.45, 7) is 5.25. The molecule has 2 heterocycles. The zero-order valence-corrected chi connectivity index (χ0v) is 18.9. The molecule has 8 nitrogen and oxygen atoms in total. The lowest BCUT2D eigenvalue weighted by molar-refractivity contribution is 0.0955. The van der Waals surface area contributed by atoms with Gasteiger partial charge in [0.15, 0.2) is 5.65 Å². The molecule has 0 saturated carbocycles. The van der Waals surface area contributed by atoms with Crippen LogP contribution in [0.4, 0.5) is 5.82 Å². The van der Waals surface area contributed by atoms with Crippen LogP contribution < -0.4 is 15.8 Å². The van der Waals surface area contributed by atoms with Crippen LogP contribution in [0.25, 0.3) is 22.2 Å². The maximum Gasteiger partial charge on any atom is 0.257 e. The molecule has 4 aromatic rings. The number of nitrogens with zero attached hydrogens (tertiary/aromatic N) is 4. The molecule has 0 saturated heterocycles. The Hall–Kier alpha value is -3.94. The molecule has 0 aliphatic heterocycles. The largest absolute Gasteiger partial charge is 0.494 e. The van der Waals surface area contributed by atoms with Gasteiger partial charge in [-0.05, 0) is 55.3 Å². The first-order chi connectivity index (χ1) is 16.1.